The van der Waals surface area contributed by atoms with Gasteiger partial charge >= 0.3 is 0 Å². The van der Waals surface area contributed by atoms with Crippen LogP contribution in [0.2, 0.25) is 0 Å². The van der Waals surface area contributed by atoms with Crippen molar-refractivity contribution in [2.75, 3.05) is 6.61 Å². The highest BCUT2D eigenvalue weighted by atomic mass is 79.9. The highest BCUT2D eigenvalue weighted by molar-refractivity contribution is 9.10. The van der Waals surface area contributed by atoms with Crippen LogP contribution in [-0.4, -0.2) is 21.5 Å². The van der Waals surface area contributed by atoms with Gasteiger partial charge in [0.15, 0.2) is 0 Å². The quantitative estimate of drug-likeness (QED) is 0.919. The lowest BCUT2D eigenvalue weighted by molar-refractivity contribution is 0.0572. The van der Waals surface area contributed by atoms with Gasteiger partial charge in [-0.15, -0.1) is 0 Å². The molecule has 0 spiro atoms. The normalized spacial score (nSPS) is 18.9. The van der Waals surface area contributed by atoms with Gasteiger partial charge in [0, 0.05) is 12.5 Å². The smallest absolute Gasteiger partial charge is 0.122 e. The minimum Gasteiger partial charge on any atom is -0.493 e. The Labute approximate surface area is 132 Å². The van der Waals surface area contributed by atoms with E-state index in [4.69, 9.17) is 4.74 Å². The van der Waals surface area contributed by atoms with E-state index in [1.807, 2.05) is 22.9 Å². The van der Waals surface area contributed by atoms with Gasteiger partial charge in [-0.2, -0.15) is 5.10 Å². The van der Waals surface area contributed by atoms with E-state index >= 15 is 0 Å². The summed E-state index contributed by atoms with van der Waals surface area (Å²) >= 11 is 3.50. The molecule has 2 aromatic rings. The van der Waals surface area contributed by atoms with Crippen molar-refractivity contribution in [2.45, 2.75) is 32.4 Å². The van der Waals surface area contributed by atoms with E-state index in [1.54, 1.807) is 6.20 Å². The summed E-state index contributed by atoms with van der Waals surface area (Å²) < 4.78 is 8.54. The molecular formula is C16H19BrN2O2. The van der Waals surface area contributed by atoms with Crippen LogP contribution in [0.1, 0.15) is 30.7 Å². The van der Waals surface area contributed by atoms with Crippen molar-refractivity contribution in [3.63, 3.8) is 0 Å². The molecule has 0 amide bonds. The van der Waals surface area contributed by atoms with Crippen LogP contribution in [0.5, 0.6) is 5.75 Å². The van der Waals surface area contributed by atoms with Crippen LogP contribution in [0, 0.1) is 5.92 Å². The second-order valence-corrected chi connectivity index (χ2v) is 6.28. The summed E-state index contributed by atoms with van der Waals surface area (Å²) in [5.74, 6) is 0.977. The zero-order valence-corrected chi connectivity index (χ0v) is 13.6. The van der Waals surface area contributed by atoms with Crippen molar-refractivity contribution in [1.29, 1.82) is 0 Å². The number of aromatic nitrogens is 2. The monoisotopic (exact) mass is 350 g/mol. The molecule has 0 radical (unpaired) electrons. The van der Waals surface area contributed by atoms with Crippen molar-refractivity contribution in [3.8, 4) is 5.75 Å². The van der Waals surface area contributed by atoms with Gasteiger partial charge in [0.05, 0.1) is 23.0 Å². The SMILES string of the molecule is CCCn1ncc(Br)c1C(O)C1COc2ccccc2C1. The minimum atomic E-state index is -0.582. The molecule has 1 N–H and O–H groups in total. The molecule has 3 rings (SSSR count). The topological polar surface area (TPSA) is 47.3 Å². The van der Waals surface area contributed by atoms with E-state index in [2.05, 4.69) is 34.0 Å². The van der Waals surface area contributed by atoms with Gasteiger partial charge in [-0.3, -0.25) is 4.68 Å². The lowest BCUT2D eigenvalue weighted by Gasteiger charge is -2.29. The van der Waals surface area contributed by atoms with Crippen molar-refractivity contribution in [2.24, 2.45) is 5.92 Å². The van der Waals surface area contributed by atoms with E-state index in [9.17, 15) is 5.11 Å². The van der Waals surface area contributed by atoms with Crippen LogP contribution < -0.4 is 4.74 Å². The van der Waals surface area contributed by atoms with Gasteiger partial charge in [-0.05, 0) is 40.4 Å². The fourth-order valence-corrected chi connectivity index (χ4v) is 3.36. The zero-order chi connectivity index (χ0) is 14.8. The molecule has 0 fully saturated rings. The summed E-state index contributed by atoms with van der Waals surface area (Å²) in [5.41, 5.74) is 2.01. The van der Waals surface area contributed by atoms with Gasteiger partial charge in [0.1, 0.15) is 11.9 Å². The first kappa shape index (κ1) is 14.6. The Bertz CT molecular complexity index is 626. The third-order valence-corrected chi connectivity index (χ3v) is 4.51. The number of para-hydroxylation sites is 1. The number of benzene rings is 1. The number of rotatable bonds is 4. The summed E-state index contributed by atoms with van der Waals surface area (Å²) in [4.78, 5) is 0. The molecule has 5 heteroatoms. The summed E-state index contributed by atoms with van der Waals surface area (Å²) in [6.07, 6.45) is 2.98. The van der Waals surface area contributed by atoms with Crippen molar-refractivity contribution < 1.29 is 9.84 Å². The highest BCUT2D eigenvalue weighted by Crippen LogP contribution is 2.35. The number of hydrogen-bond donors (Lipinski definition) is 1. The van der Waals surface area contributed by atoms with E-state index in [1.165, 1.54) is 0 Å². The molecule has 1 aliphatic rings. The molecule has 1 aliphatic heterocycles. The molecule has 2 unspecified atom stereocenters. The molecule has 0 saturated heterocycles. The first-order valence-corrected chi connectivity index (χ1v) is 8.10. The Hall–Kier alpha value is -1.33. The third kappa shape index (κ3) is 2.85. The van der Waals surface area contributed by atoms with Gasteiger partial charge in [-0.25, -0.2) is 0 Å². The second-order valence-electron chi connectivity index (χ2n) is 5.43. The average molecular weight is 351 g/mol. The molecule has 0 aliphatic carbocycles. The Balaban J connectivity index is 1.84. The molecule has 2 heterocycles. The summed E-state index contributed by atoms with van der Waals surface area (Å²) in [7, 11) is 0. The first-order chi connectivity index (χ1) is 10.2. The standard InChI is InChI=1S/C16H19BrN2O2/c1-2-7-19-15(13(17)9-18-19)16(20)12-8-11-5-3-4-6-14(11)21-10-12/h3-6,9,12,16,20H,2,7-8,10H2,1H3. The van der Waals surface area contributed by atoms with Crippen molar-refractivity contribution >= 4 is 15.9 Å². The summed E-state index contributed by atoms with van der Waals surface area (Å²) in [6, 6.07) is 8.03. The first-order valence-electron chi connectivity index (χ1n) is 7.30. The lowest BCUT2D eigenvalue weighted by atomic mass is 9.90. The fraction of sp³-hybridized carbons (Fsp3) is 0.438. The van der Waals surface area contributed by atoms with Crippen LogP contribution in [0.25, 0.3) is 0 Å². The Morgan fingerprint density at radius 1 is 1.48 bits per heavy atom. The molecule has 0 saturated carbocycles. The highest BCUT2D eigenvalue weighted by Gasteiger charge is 2.30. The number of aliphatic hydroxyl groups excluding tert-OH is 1. The fourth-order valence-electron chi connectivity index (χ4n) is 2.83. The second kappa shape index (κ2) is 6.20. The average Bonchev–Trinajstić information content (AvgIpc) is 2.87. The van der Waals surface area contributed by atoms with Crippen LogP contribution in [-0.2, 0) is 13.0 Å². The van der Waals surface area contributed by atoms with Gasteiger partial charge in [0.25, 0.3) is 0 Å². The number of ether oxygens (including phenoxy) is 1. The molecule has 0 bridgehead atoms. The molecule has 112 valence electrons. The van der Waals surface area contributed by atoms with Crippen molar-refractivity contribution in [3.05, 3.63) is 46.2 Å². The summed E-state index contributed by atoms with van der Waals surface area (Å²) in [5, 5.41) is 15.1. The van der Waals surface area contributed by atoms with E-state index in [0.29, 0.717) is 6.61 Å². The maximum Gasteiger partial charge on any atom is 0.122 e. The maximum atomic E-state index is 10.8. The molecular weight excluding hydrogens is 332 g/mol. The van der Waals surface area contributed by atoms with Gasteiger partial charge in [0.2, 0.25) is 0 Å². The predicted octanol–water partition coefficient (Wildman–Crippen LogP) is 3.34. The minimum absolute atomic E-state index is 0.0449. The third-order valence-electron chi connectivity index (χ3n) is 3.90. The number of hydrogen-bond acceptors (Lipinski definition) is 3. The van der Waals surface area contributed by atoms with Gasteiger partial charge in [-0.1, -0.05) is 25.1 Å². The number of fused-ring (bicyclic) bond motifs is 1. The number of aryl methyl sites for hydroxylation is 1. The van der Waals surface area contributed by atoms with E-state index in [0.717, 1.165) is 40.9 Å². The van der Waals surface area contributed by atoms with E-state index in [-0.39, 0.29) is 5.92 Å². The lowest BCUT2D eigenvalue weighted by Crippen LogP contribution is -2.28. The molecule has 2 atom stereocenters. The Morgan fingerprint density at radius 2 is 2.29 bits per heavy atom. The molecule has 1 aromatic carbocycles. The predicted molar refractivity (Wildman–Crippen MR) is 84.3 cm³/mol. The molecule has 1 aromatic heterocycles. The Kier molecular flexibility index (Phi) is 4.31. The Morgan fingerprint density at radius 3 is 3.10 bits per heavy atom. The molecule has 21 heavy (non-hydrogen) atoms. The largest absolute Gasteiger partial charge is 0.493 e. The number of halogens is 1. The van der Waals surface area contributed by atoms with Crippen molar-refractivity contribution in [1.82, 2.24) is 9.78 Å². The van der Waals surface area contributed by atoms with Gasteiger partial charge < -0.3 is 9.84 Å². The van der Waals surface area contributed by atoms with Crippen LogP contribution >= 0.6 is 15.9 Å². The maximum absolute atomic E-state index is 10.8. The summed E-state index contributed by atoms with van der Waals surface area (Å²) in [6.45, 7) is 3.44. The van der Waals surface area contributed by atoms with E-state index < -0.39 is 6.10 Å². The zero-order valence-electron chi connectivity index (χ0n) is 12.0. The number of nitrogens with zero attached hydrogens (tertiary/aromatic N) is 2. The van der Waals surface area contributed by atoms with Crippen LogP contribution in [0.15, 0.2) is 34.9 Å². The molecule has 4 nitrogen and oxygen atoms in total. The van der Waals surface area contributed by atoms with Crippen LogP contribution in [0.4, 0.5) is 0 Å². The van der Waals surface area contributed by atoms with Crippen LogP contribution in [0.3, 0.4) is 0 Å². The number of aliphatic hydroxyl groups is 1.